The number of benzene rings is 1. The molecule has 2 rings (SSSR count). The maximum Gasteiger partial charge on any atom is 0.226 e. The number of hydrogen-bond donors (Lipinski definition) is 2. The molecule has 1 unspecified atom stereocenters. The van der Waals surface area contributed by atoms with Crippen LogP contribution in [0.3, 0.4) is 0 Å². The maximum absolute atomic E-state index is 13.4. The third-order valence-corrected chi connectivity index (χ3v) is 5.67. The molecule has 1 fully saturated rings. The largest absolute Gasteiger partial charge is 0.497 e. The van der Waals surface area contributed by atoms with E-state index < -0.39 is 0 Å². The van der Waals surface area contributed by atoms with Crippen LogP contribution >= 0.6 is 0 Å². The lowest BCUT2D eigenvalue weighted by molar-refractivity contribution is -0.143. The number of methoxy groups -OCH3 is 1. The van der Waals surface area contributed by atoms with E-state index in [9.17, 15) is 9.59 Å². The number of piperidine rings is 1. The van der Waals surface area contributed by atoms with Crippen LogP contribution in [0.25, 0.3) is 0 Å². The van der Waals surface area contributed by atoms with Gasteiger partial charge in [0.2, 0.25) is 11.8 Å². The van der Waals surface area contributed by atoms with Crippen LogP contribution in [0.5, 0.6) is 5.75 Å². The third-order valence-electron chi connectivity index (χ3n) is 5.67. The van der Waals surface area contributed by atoms with Gasteiger partial charge in [-0.2, -0.15) is 0 Å². The summed E-state index contributed by atoms with van der Waals surface area (Å²) in [5.74, 6) is 0.143. The van der Waals surface area contributed by atoms with Crippen molar-refractivity contribution in [2.45, 2.75) is 58.9 Å². The molecule has 6 nitrogen and oxygen atoms in total. The fourth-order valence-electron chi connectivity index (χ4n) is 4.28. The average molecular weight is 404 g/mol. The lowest BCUT2D eigenvalue weighted by Gasteiger charge is -2.37. The zero-order valence-corrected chi connectivity index (χ0v) is 18.3. The number of amides is 2. The number of primary amides is 1. The molecule has 1 heterocycles. The second-order valence-electron chi connectivity index (χ2n) is 8.53. The van der Waals surface area contributed by atoms with E-state index in [2.05, 4.69) is 19.2 Å². The first-order valence-electron chi connectivity index (χ1n) is 10.8. The van der Waals surface area contributed by atoms with Gasteiger partial charge in [0.25, 0.3) is 0 Å². The number of nitrogens with two attached hydrogens (primary N) is 1. The van der Waals surface area contributed by atoms with E-state index in [1.807, 2.05) is 36.1 Å². The molecule has 1 aliphatic heterocycles. The van der Waals surface area contributed by atoms with Crippen molar-refractivity contribution in [2.75, 3.05) is 25.5 Å². The minimum Gasteiger partial charge on any atom is -0.497 e. The summed E-state index contributed by atoms with van der Waals surface area (Å²) >= 11 is 0. The van der Waals surface area contributed by atoms with Crippen LogP contribution in [-0.2, 0) is 9.59 Å². The molecule has 0 spiro atoms. The van der Waals surface area contributed by atoms with E-state index in [1.54, 1.807) is 7.11 Å². The molecule has 162 valence electrons. The Bertz CT molecular complexity index is 677. The molecular weight excluding hydrogens is 366 g/mol. The molecule has 0 aromatic heterocycles. The number of hydrogen-bond acceptors (Lipinski definition) is 4. The summed E-state index contributed by atoms with van der Waals surface area (Å²) in [4.78, 5) is 27.4. The number of carbonyl (C=O) groups is 2. The van der Waals surface area contributed by atoms with Crippen LogP contribution in [-0.4, -0.2) is 43.0 Å². The van der Waals surface area contributed by atoms with E-state index in [-0.39, 0.29) is 29.7 Å². The minimum atomic E-state index is -0.387. The number of nitrogens with one attached hydrogen (secondary N) is 1. The summed E-state index contributed by atoms with van der Waals surface area (Å²) in [5, 5.41) is 3.53. The highest BCUT2D eigenvalue weighted by Gasteiger charge is 2.36. The van der Waals surface area contributed by atoms with Gasteiger partial charge in [-0.25, -0.2) is 0 Å². The summed E-state index contributed by atoms with van der Waals surface area (Å²) in [6.07, 6.45) is 4.14. The van der Waals surface area contributed by atoms with Crippen molar-refractivity contribution in [3.63, 3.8) is 0 Å². The number of rotatable bonds is 10. The molecule has 1 aliphatic rings. The first kappa shape index (κ1) is 23.0. The Balaban J connectivity index is 2.10. The molecule has 29 heavy (non-hydrogen) atoms. The lowest BCUT2D eigenvalue weighted by atomic mass is 9.81. The van der Waals surface area contributed by atoms with Crippen molar-refractivity contribution < 1.29 is 14.3 Å². The molecular formula is C23H37N3O3. The molecule has 3 atom stereocenters. The van der Waals surface area contributed by atoms with E-state index >= 15 is 0 Å². The Morgan fingerprint density at radius 1 is 1.31 bits per heavy atom. The van der Waals surface area contributed by atoms with Gasteiger partial charge in [0.15, 0.2) is 0 Å². The summed E-state index contributed by atoms with van der Waals surface area (Å²) in [6.45, 7) is 7.59. The lowest BCUT2D eigenvalue weighted by Crippen LogP contribution is -2.50. The first-order chi connectivity index (χ1) is 13.8. The van der Waals surface area contributed by atoms with Gasteiger partial charge in [-0.15, -0.1) is 0 Å². The number of ether oxygens (including phenoxy) is 1. The molecule has 0 aliphatic carbocycles. The highest BCUT2D eigenvalue weighted by molar-refractivity contribution is 5.87. The standard InChI is InChI=1S/C23H37N3O3/c1-5-8-20(22(24)27)21(13-16(2)3)23(28)26-12-7-10-18(15-26)25-17-9-6-11-19(14-17)29-4/h6,9,11,14,16,18,20-21,25H,5,7-8,10,12-13,15H2,1-4H3,(H2,24,27)/t18?,20-,21+/m0/s1. The number of nitrogens with zero attached hydrogens (tertiary/aromatic N) is 1. The Labute approximate surface area is 175 Å². The molecule has 1 aromatic rings. The number of carbonyl (C=O) groups excluding carboxylic acids is 2. The van der Waals surface area contributed by atoms with Crippen LogP contribution < -0.4 is 15.8 Å². The van der Waals surface area contributed by atoms with Crippen molar-refractivity contribution in [1.29, 1.82) is 0 Å². The van der Waals surface area contributed by atoms with Gasteiger partial charge in [-0.05, 0) is 43.7 Å². The quantitative estimate of drug-likeness (QED) is 0.624. The normalized spacial score (nSPS) is 18.9. The Kier molecular flexibility index (Phi) is 8.80. The third kappa shape index (κ3) is 6.65. The molecule has 0 radical (unpaired) electrons. The zero-order valence-electron chi connectivity index (χ0n) is 18.3. The SMILES string of the molecule is CCC[C@H](C(N)=O)[C@@H](CC(C)C)C(=O)N1CCCC(Nc2cccc(OC)c2)C1. The Hall–Kier alpha value is -2.24. The fraction of sp³-hybridized carbons (Fsp3) is 0.652. The highest BCUT2D eigenvalue weighted by atomic mass is 16.5. The summed E-state index contributed by atoms with van der Waals surface area (Å²) < 4.78 is 5.30. The second-order valence-corrected chi connectivity index (χ2v) is 8.53. The van der Waals surface area contributed by atoms with Crippen LogP contribution in [0, 0.1) is 17.8 Å². The summed E-state index contributed by atoms with van der Waals surface area (Å²) in [6, 6.07) is 8.02. The topological polar surface area (TPSA) is 84.7 Å². The molecule has 1 aromatic carbocycles. The van der Waals surface area contributed by atoms with E-state index in [4.69, 9.17) is 10.5 Å². The number of anilines is 1. The van der Waals surface area contributed by atoms with Gasteiger partial charge in [-0.1, -0.05) is 33.3 Å². The predicted octanol–water partition coefficient (Wildman–Crippen LogP) is 3.66. The molecule has 3 N–H and O–H groups in total. The summed E-state index contributed by atoms with van der Waals surface area (Å²) in [7, 11) is 1.65. The van der Waals surface area contributed by atoms with Gasteiger partial charge in [-0.3, -0.25) is 9.59 Å². The highest BCUT2D eigenvalue weighted by Crippen LogP contribution is 2.29. The van der Waals surface area contributed by atoms with Crippen molar-refractivity contribution in [3.05, 3.63) is 24.3 Å². The molecule has 1 saturated heterocycles. The summed E-state index contributed by atoms with van der Waals surface area (Å²) in [5.41, 5.74) is 6.68. The van der Waals surface area contributed by atoms with Crippen LogP contribution in [0.4, 0.5) is 5.69 Å². The van der Waals surface area contributed by atoms with Gasteiger partial charge in [0.1, 0.15) is 5.75 Å². The Morgan fingerprint density at radius 3 is 2.69 bits per heavy atom. The molecule has 0 bridgehead atoms. The zero-order chi connectivity index (χ0) is 21.4. The van der Waals surface area contributed by atoms with E-state index in [0.29, 0.717) is 25.3 Å². The molecule has 6 heteroatoms. The minimum absolute atomic E-state index is 0.0769. The van der Waals surface area contributed by atoms with Crippen LogP contribution in [0.1, 0.15) is 52.9 Å². The van der Waals surface area contributed by atoms with Gasteiger partial charge in [0, 0.05) is 42.7 Å². The average Bonchev–Trinajstić information content (AvgIpc) is 2.70. The smallest absolute Gasteiger partial charge is 0.226 e. The van der Waals surface area contributed by atoms with Crippen molar-refractivity contribution in [2.24, 2.45) is 23.5 Å². The maximum atomic E-state index is 13.4. The van der Waals surface area contributed by atoms with Crippen LogP contribution in [0.15, 0.2) is 24.3 Å². The van der Waals surface area contributed by atoms with Gasteiger partial charge < -0.3 is 20.7 Å². The van der Waals surface area contributed by atoms with Gasteiger partial charge >= 0.3 is 0 Å². The predicted molar refractivity (Wildman–Crippen MR) is 117 cm³/mol. The second kappa shape index (κ2) is 11.1. The Morgan fingerprint density at radius 2 is 2.07 bits per heavy atom. The number of likely N-dealkylation sites (tertiary alicyclic amines) is 1. The first-order valence-corrected chi connectivity index (χ1v) is 10.8. The van der Waals surface area contributed by atoms with Crippen LogP contribution in [0.2, 0.25) is 0 Å². The molecule has 2 amide bonds. The van der Waals surface area contributed by atoms with Crippen molar-refractivity contribution in [3.8, 4) is 5.75 Å². The monoisotopic (exact) mass is 403 g/mol. The van der Waals surface area contributed by atoms with Gasteiger partial charge in [0.05, 0.1) is 7.11 Å². The van der Waals surface area contributed by atoms with Crippen molar-refractivity contribution >= 4 is 17.5 Å². The fourth-order valence-corrected chi connectivity index (χ4v) is 4.28. The van der Waals surface area contributed by atoms with E-state index in [1.165, 1.54) is 0 Å². The van der Waals surface area contributed by atoms with E-state index in [0.717, 1.165) is 37.2 Å². The van der Waals surface area contributed by atoms with Crippen molar-refractivity contribution in [1.82, 2.24) is 4.90 Å². The molecule has 0 saturated carbocycles.